The van der Waals surface area contributed by atoms with Crippen molar-refractivity contribution >= 4 is 5.97 Å². The van der Waals surface area contributed by atoms with E-state index in [2.05, 4.69) is 5.10 Å². The second kappa shape index (κ2) is 4.34. The van der Waals surface area contributed by atoms with E-state index < -0.39 is 0 Å². The molecule has 2 unspecified atom stereocenters. The fourth-order valence-electron chi connectivity index (χ4n) is 5.10. The van der Waals surface area contributed by atoms with Gasteiger partial charge in [-0.3, -0.25) is 4.68 Å². The van der Waals surface area contributed by atoms with Crippen LogP contribution in [0.1, 0.15) is 72.6 Å². The van der Waals surface area contributed by atoms with Crippen LogP contribution < -0.4 is 0 Å². The number of nitrogens with zero attached hydrogens (tertiary/aromatic N) is 2. The van der Waals surface area contributed by atoms with Crippen LogP contribution in [0.25, 0.3) is 0 Å². The molecule has 1 heterocycles. The number of rotatable bonds is 2. The minimum atomic E-state index is -0.231. The van der Waals surface area contributed by atoms with E-state index in [4.69, 9.17) is 4.74 Å². The minimum absolute atomic E-state index is 0.231. The van der Waals surface area contributed by atoms with E-state index in [1.54, 1.807) is 0 Å². The van der Waals surface area contributed by atoms with Crippen LogP contribution in [0.2, 0.25) is 0 Å². The van der Waals surface area contributed by atoms with Crippen LogP contribution in [0.5, 0.6) is 0 Å². The average Bonchev–Trinajstić information content (AvgIpc) is 2.65. The molecule has 2 atom stereocenters. The third kappa shape index (κ3) is 1.66. The second-order valence-electron chi connectivity index (χ2n) is 6.80. The fourth-order valence-corrected chi connectivity index (χ4v) is 5.10. The van der Waals surface area contributed by atoms with Gasteiger partial charge in [0.05, 0.1) is 6.61 Å². The summed E-state index contributed by atoms with van der Waals surface area (Å²) >= 11 is 0. The molecule has 4 bridgehead atoms. The molecule has 0 aliphatic heterocycles. The molecule has 2 fully saturated rings. The number of aromatic nitrogens is 2. The first-order chi connectivity index (χ1) is 9.67. The lowest BCUT2D eigenvalue weighted by molar-refractivity contribution is 0.0515. The number of hydrogen-bond acceptors (Lipinski definition) is 3. The average molecular weight is 274 g/mol. The zero-order chi connectivity index (χ0) is 13.9. The zero-order valence-electron chi connectivity index (χ0n) is 12.3. The number of carbonyl (C=O) groups is 1. The summed E-state index contributed by atoms with van der Waals surface area (Å²) in [4.78, 5) is 12.2. The van der Waals surface area contributed by atoms with Crippen LogP contribution in [0.3, 0.4) is 0 Å². The van der Waals surface area contributed by atoms with Gasteiger partial charge in [0.2, 0.25) is 0 Å². The standard InChI is InChI=1S/C16H22N2O2/c1-3-20-16(19)14-13-11-5-9-4-10(6-11)8-12(7-9)15(13)18(2)17-14/h9-12H,3-8H2,1-2H3. The Hall–Kier alpha value is -1.32. The first kappa shape index (κ1) is 12.4. The lowest BCUT2D eigenvalue weighted by Gasteiger charge is -2.38. The molecule has 4 aliphatic carbocycles. The number of carbonyl (C=O) groups excluding carboxylic acids is 1. The molecule has 4 heteroatoms. The van der Waals surface area contributed by atoms with Gasteiger partial charge in [-0.25, -0.2) is 4.79 Å². The van der Waals surface area contributed by atoms with Crippen molar-refractivity contribution < 1.29 is 9.53 Å². The maximum atomic E-state index is 12.2. The van der Waals surface area contributed by atoms with Gasteiger partial charge in [0, 0.05) is 24.2 Å². The van der Waals surface area contributed by atoms with E-state index >= 15 is 0 Å². The molecule has 4 aliphatic rings. The van der Waals surface area contributed by atoms with Crippen molar-refractivity contribution in [3.05, 3.63) is 17.0 Å². The highest BCUT2D eigenvalue weighted by Crippen LogP contribution is 2.56. The third-order valence-corrected chi connectivity index (χ3v) is 5.53. The lowest BCUT2D eigenvalue weighted by Crippen LogP contribution is -2.26. The van der Waals surface area contributed by atoms with Crippen molar-refractivity contribution in [3.8, 4) is 0 Å². The highest BCUT2D eigenvalue weighted by molar-refractivity contribution is 5.89. The predicted molar refractivity (Wildman–Crippen MR) is 74.7 cm³/mol. The summed E-state index contributed by atoms with van der Waals surface area (Å²) < 4.78 is 7.19. The summed E-state index contributed by atoms with van der Waals surface area (Å²) in [6, 6.07) is 0. The molecule has 0 N–H and O–H groups in total. The highest BCUT2D eigenvalue weighted by Gasteiger charge is 2.45. The molecular weight excluding hydrogens is 252 g/mol. The fraction of sp³-hybridized carbons (Fsp3) is 0.750. The van der Waals surface area contributed by atoms with E-state index in [1.807, 2.05) is 18.7 Å². The SMILES string of the molecule is CCOC(=O)c1nn(C)c2c1C1CC3CC(C1)CC2C3. The van der Waals surface area contributed by atoms with E-state index in [0.29, 0.717) is 24.1 Å². The van der Waals surface area contributed by atoms with Gasteiger partial charge in [-0.2, -0.15) is 5.10 Å². The van der Waals surface area contributed by atoms with Crippen molar-refractivity contribution in [2.45, 2.75) is 50.9 Å². The van der Waals surface area contributed by atoms with Crippen LogP contribution in [-0.2, 0) is 11.8 Å². The van der Waals surface area contributed by atoms with E-state index in [1.165, 1.54) is 43.4 Å². The topological polar surface area (TPSA) is 44.1 Å². The van der Waals surface area contributed by atoms with Crippen molar-refractivity contribution in [1.82, 2.24) is 9.78 Å². The molecule has 0 spiro atoms. The van der Waals surface area contributed by atoms with Crippen LogP contribution in [0, 0.1) is 11.8 Å². The molecule has 1 aromatic rings. The third-order valence-electron chi connectivity index (χ3n) is 5.53. The van der Waals surface area contributed by atoms with Crippen LogP contribution >= 0.6 is 0 Å². The van der Waals surface area contributed by atoms with Crippen LogP contribution in [0.4, 0.5) is 0 Å². The number of hydrogen-bond donors (Lipinski definition) is 0. The second-order valence-corrected chi connectivity index (χ2v) is 6.80. The molecule has 108 valence electrons. The largest absolute Gasteiger partial charge is 0.461 e. The molecular formula is C16H22N2O2. The van der Waals surface area contributed by atoms with Gasteiger partial charge in [0.25, 0.3) is 0 Å². The Morgan fingerprint density at radius 1 is 1.20 bits per heavy atom. The van der Waals surface area contributed by atoms with E-state index in [-0.39, 0.29) is 5.97 Å². The van der Waals surface area contributed by atoms with Gasteiger partial charge in [-0.15, -0.1) is 0 Å². The molecule has 0 saturated heterocycles. The Morgan fingerprint density at radius 2 is 1.85 bits per heavy atom. The Labute approximate surface area is 119 Å². The molecule has 0 amide bonds. The van der Waals surface area contributed by atoms with Gasteiger partial charge >= 0.3 is 5.97 Å². The van der Waals surface area contributed by atoms with Gasteiger partial charge in [0.1, 0.15) is 0 Å². The Morgan fingerprint density at radius 3 is 2.50 bits per heavy atom. The normalized spacial score (nSPS) is 33.9. The maximum Gasteiger partial charge on any atom is 0.359 e. The van der Waals surface area contributed by atoms with Gasteiger partial charge in [0.15, 0.2) is 5.69 Å². The quantitative estimate of drug-likeness (QED) is 0.779. The summed E-state index contributed by atoms with van der Waals surface area (Å²) in [6.07, 6.45) is 6.49. The number of ether oxygens (including phenoxy) is 1. The van der Waals surface area contributed by atoms with Crippen molar-refractivity contribution in [2.24, 2.45) is 18.9 Å². The summed E-state index contributed by atoms with van der Waals surface area (Å²) in [5.74, 6) is 2.64. The Balaban J connectivity index is 1.84. The molecule has 0 aromatic carbocycles. The monoisotopic (exact) mass is 274 g/mol. The lowest BCUT2D eigenvalue weighted by atomic mass is 9.67. The van der Waals surface area contributed by atoms with Crippen LogP contribution in [0.15, 0.2) is 0 Å². The number of esters is 1. The van der Waals surface area contributed by atoms with Crippen molar-refractivity contribution in [2.75, 3.05) is 6.61 Å². The molecule has 1 aromatic heterocycles. The molecule has 2 saturated carbocycles. The van der Waals surface area contributed by atoms with Gasteiger partial charge in [-0.05, 0) is 56.8 Å². The van der Waals surface area contributed by atoms with Crippen LogP contribution in [-0.4, -0.2) is 22.4 Å². The summed E-state index contributed by atoms with van der Waals surface area (Å²) in [5, 5.41) is 4.52. The predicted octanol–water partition coefficient (Wildman–Crippen LogP) is 2.99. The molecule has 4 nitrogen and oxygen atoms in total. The molecule has 0 radical (unpaired) electrons. The first-order valence-electron chi connectivity index (χ1n) is 7.91. The maximum absolute atomic E-state index is 12.2. The minimum Gasteiger partial charge on any atom is -0.461 e. The highest BCUT2D eigenvalue weighted by atomic mass is 16.5. The van der Waals surface area contributed by atoms with Crippen molar-refractivity contribution in [1.29, 1.82) is 0 Å². The van der Waals surface area contributed by atoms with E-state index in [9.17, 15) is 4.79 Å². The van der Waals surface area contributed by atoms with Crippen molar-refractivity contribution in [3.63, 3.8) is 0 Å². The summed E-state index contributed by atoms with van der Waals surface area (Å²) in [5.41, 5.74) is 3.17. The smallest absolute Gasteiger partial charge is 0.359 e. The number of aryl methyl sites for hydroxylation is 1. The van der Waals surface area contributed by atoms with E-state index in [0.717, 1.165) is 11.8 Å². The first-order valence-corrected chi connectivity index (χ1v) is 7.91. The molecule has 20 heavy (non-hydrogen) atoms. The molecule has 5 rings (SSSR count). The zero-order valence-corrected chi connectivity index (χ0v) is 12.3. The van der Waals surface area contributed by atoms with Gasteiger partial charge < -0.3 is 4.74 Å². The summed E-state index contributed by atoms with van der Waals surface area (Å²) in [7, 11) is 1.99. The van der Waals surface area contributed by atoms with Gasteiger partial charge in [-0.1, -0.05) is 0 Å². The summed E-state index contributed by atoms with van der Waals surface area (Å²) in [6.45, 7) is 2.27. The Kier molecular flexibility index (Phi) is 2.69. The Bertz CT molecular complexity index is 549.